The smallest absolute Gasteiger partial charge is 0.241 e. The number of aliphatic hydroxyl groups excluding tert-OH is 1. The summed E-state index contributed by atoms with van der Waals surface area (Å²) >= 11 is 0. The molecule has 0 aliphatic carbocycles. The van der Waals surface area contributed by atoms with E-state index in [1.54, 1.807) is 18.2 Å². The molecular weight excluding hydrogens is 394 g/mol. The minimum atomic E-state index is -0.606. The molecule has 4 N–H and O–H groups in total. The number of methoxy groups -OCH3 is 1. The number of hydrogen-bond acceptors (Lipinski definition) is 5. The topological polar surface area (TPSA) is 99.3 Å². The number of nitrogens with zero attached hydrogens (tertiary/aromatic N) is 1. The minimum Gasteiger partial charge on any atom is -0.494 e. The van der Waals surface area contributed by atoms with Crippen LogP contribution in [0.1, 0.15) is 17.7 Å². The number of carbonyl (C=O) groups is 1. The van der Waals surface area contributed by atoms with Crippen molar-refractivity contribution in [1.82, 2.24) is 15.5 Å². The fourth-order valence-corrected chi connectivity index (χ4v) is 3.38. The van der Waals surface area contributed by atoms with Gasteiger partial charge in [0.15, 0.2) is 11.6 Å². The quantitative estimate of drug-likeness (QED) is 0.515. The maximum absolute atomic E-state index is 14.4. The second-order valence-corrected chi connectivity index (χ2v) is 7.05. The summed E-state index contributed by atoms with van der Waals surface area (Å²) in [6.07, 6.45) is 3.01. The number of rotatable bonds is 5. The van der Waals surface area contributed by atoms with Crippen LogP contribution >= 0.6 is 0 Å². The van der Waals surface area contributed by atoms with Crippen molar-refractivity contribution in [3.05, 3.63) is 53.2 Å². The molecule has 3 aromatic rings. The van der Waals surface area contributed by atoms with E-state index in [4.69, 9.17) is 4.74 Å². The highest BCUT2D eigenvalue weighted by molar-refractivity contribution is 5.98. The van der Waals surface area contributed by atoms with Gasteiger partial charge in [0.05, 0.1) is 36.2 Å². The van der Waals surface area contributed by atoms with Gasteiger partial charge in [-0.15, -0.1) is 0 Å². The first-order chi connectivity index (χ1) is 14.4. The van der Waals surface area contributed by atoms with Crippen molar-refractivity contribution in [3.8, 4) is 5.75 Å². The molecule has 30 heavy (non-hydrogen) atoms. The van der Waals surface area contributed by atoms with Crippen LogP contribution < -0.4 is 15.4 Å². The highest BCUT2D eigenvalue weighted by Crippen LogP contribution is 2.26. The molecule has 2 atom stereocenters. The number of aliphatic hydroxyl groups is 1. The zero-order chi connectivity index (χ0) is 21.3. The Bertz CT molecular complexity index is 1130. The third kappa shape index (κ3) is 4.03. The van der Waals surface area contributed by atoms with Crippen LogP contribution in [0.5, 0.6) is 5.75 Å². The van der Waals surface area contributed by atoms with E-state index in [2.05, 4.69) is 20.8 Å². The van der Waals surface area contributed by atoms with Gasteiger partial charge in [-0.05, 0) is 36.3 Å². The zero-order valence-electron chi connectivity index (χ0n) is 16.1. The Morgan fingerprint density at radius 1 is 1.27 bits per heavy atom. The average Bonchev–Trinajstić information content (AvgIpc) is 3.33. The van der Waals surface area contributed by atoms with E-state index in [0.717, 1.165) is 0 Å². The first-order valence-corrected chi connectivity index (χ1v) is 9.36. The van der Waals surface area contributed by atoms with Gasteiger partial charge in [0.2, 0.25) is 5.91 Å². The lowest BCUT2D eigenvalue weighted by Gasteiger charge is -2.12. The summed E-state index contributed by atoms with van der Waals surface area (Å²) < 4.78 is 33.2. The van der Waals surface area contributed by atoms with Gasteiger partial charge in [0.1, 0.15) is 5.82 Å². The lowest BCUT2D eigenvalue weighted by atomic mass is 10.1. The molecule has 156 valence electrons. The van der Waals surface area contributed by atoms with Gasteiger partial charge in [0.25, 0.3) is 0 Å². The van der Waals surface area contributed by atoms with Gasteiger partial charge in [-0.3, -0.25) is 9.89 Å². The van der Waals surface area contributed by atoms with Crippen molar-refractivity contribution in [2.24, 2.45) is 0 Å². The van der Waals surface area contributed by atoms with Crippen molar-refractivity contribution < 1.29 is 23.4 Å². The standard InChI is InChI=1S/C21H20F2N4O3/c1-30-20-5-3-11(6-15(20)23)2-4-16-13-8-18(14(22)9-17(13)27-26-16)25-21(29)19-7-12(28)10-24-19/h2-6,8-9,12,19,24,28H,7,10H2,1H3,(H,25,29)(H,26,27)/b4-2+/t12-,19+/m1/s1. The number of H-pyrrole nitrogens is 1. The molecule has 0 unspecified atom stereocenters. The van der Waals surface area contributed by atoms with Crippen LogP contribution in [0.2, 0.25) is 0 Å². The van der Waals surface area contributed by atoms with Crippen molar-refractivity contribution in [1.29, 1.82) is 0 Å². The van der Waals surface area contributed by atoms with Crippen molar-refractivity contribution in [2.45, 2.75) is 18.6 Å². The molecule has 2 aromatic carbocycles. The van der Waals surface area contributed by atoms with Crippen LogP contribution in [0.25, 0.3) is 23.1 Å². The Morgan fingerprint density at radius 2 is 2.10 bits per heavy atom. The third-order valence-corrected chi connectivity index (χ3v) is 4.97. The van der Waals surface area contributed by atoms with Gasteiger partial charge in [-0.25, -0.2) is 8.78 Å². The fourth-order valence-electron chi connectivity index (χ4n) is 3.38. The zero-order valence-corrected chi connectivity index (χ0v) is 16.1. The number of hydrogen-bond donors (Lipinski definition) is 4. The van der Waals surface area contributed by atoms with Crippen LogP contribution in [-0.2, 0) is 4.79 Å². The number of benzene rings is 2. The summed E-state index contributed by atoms with van der Waals surface area (Å²) in [6, 6.07) is 6.71. The molecule has 9 heteroatoms. The number of aromatic amines is 1. The van der Waals surface area contributed by atoms with E-state index < -0.39 is 29.7 Å². The number of nitrogens with one attached hydrogen (secondary N) is 3. The first-order valence-electron chi connectivity index (χ1n) is 9.36. The normalized spacial score (nSPS) is 18.9. The predicted octanol–water partition coefficient (Wildman–Crippen LogP) is 2.68. The van der Waals surface area contributed by atoms with Crippen molar-refractivity contribution in [2.75, 3.05) is 19.0 Å². The van der Waals surface area contributed by atoms with E-state index in [1.165, 1.54) is 31.4 Å². The molecule has 2 heterocycles. The number of anilines is 1. The van der Waals surface area contributed by atoms with Gasteiger partial charge >= 0.3 is 0 Å². The van der Waals surface area contributed by atoms with Gasteiger partial charge < -0.3 is 20.5 Å². The molecule has 1 aliphatic rings. The molecule has 1 aromatic heterocycles. The largest absolute Gasteiger partial charge is 0.494 e. The summed E-state index contributed by atoms with van der Waals surface area (Å²) in [4.78, 5) is 12.3. The first kappa shape index (κ1) is 20.0. The van der Waals surface area contributed by atoms with E-state index >= 15 is 0 Å². The number of fused-ring (bicyclic) bond motifs is 1. The third-order valence-electron chi connectivity index (χ3n) is 4.97. The summed E-state index contributed by atoms with van der Waals surface area (Å²) in [6.45, 7) is 0.322. The highest BCUT2D eigenvalue weighted by Gasteiger charge is 2.28. The van der Waals surface area contributed by atoms with E-state index in [1.807, 2.05) is 0 Å². The molecule has 1 amide bonds. The Kier molecular flexibility index (Phi) is 5.47. The summed E-state index contributed by atoms with van der Waals surface area (Å²) in [5, 5.41) is 22.5. The van der Waals surface area contributed by atoms with E-state index in [9.17, 15) is 18.7 Å². The predicted molar refractivity (Wildman–Crippen MR) is 109 cm³/mol. The molecule has 4 rings (SSSR count). The molecule has 0 spiro atoms. The monoisotopic (exact) mass is 414 g/mol. The fraction of sp³-hybridized carbons (Fsp3) is 0.238. The van der Waals surface area contributed by atoms with Crippen LogP contribution in [0.15, 0.2) is 30.3 Å². The summed E-state index contributed by atoms with van der Waals surface area (Å²) in [7, 11) is 1.39. The number of ether oxygens (including phenoxy) is 1. The van der Waals surface area contributed by atoms with Crippen LogP contribution in [0, 0.1) is 11.6 Å². The van der Waals surface area contributed by atoms with Crippen molar-refractivity contribution >= 4 is 34.6 Å². The van der Waals surface area contributed by atoms with Crippen molar-refractivity contribution in [3.63, 3.8) is 0 Å². The Morgan fingerprint density at radius 3 is 2.80 bits per heavy atom. The number of β-amino-alcohol motifs (C(OH)–C–C–N with tert-alkyl or cyclic N) is 1. The molecule has 0 bridgehead atoms. The van der Waals surface area contributed by atoms with Gasteiger partial charge in [-0.1, -0.05) is 12.1 Å². The Hall–Kier alpha value is -3.30. The lowest BCUT2D eigenvalue weighted by Crippen LogP contribution is -2.35. The second kappa shape index (κ2) is 8.21. The molecule has 1 aliphatic heterocycles. The number of carbonyl (C=O) groups excluding carboxylic acids is 1. The molecule has 1 fully saturated rings. The molecular formula is C21H20F2N4O3. The lowest BCUT2D eigenvalue weighted by molar-refractivity contribution is -0.118. The van der Waals surface area contributed by atoms with Gasteiger partial charge in [-0.2, -0.15) is 5.10 Å². The van der Waals surface area contributed by atoms with Gasteiger partial charge in [0, 0.05) is 18.0 Å². The SMILES string of the molecule is COc1ccc(/C=C/c2n[nH]c3cc(F)c(NC(=O)[C@@H]4C[C@@H](O)CN4)cc23)cc1F. The highest BCUT2D eigenvalue weighted by atomic mass is 19.1. The van der Waals surface area contributed by atoms with E-state index in [0.29, 0.717) is 28.7 Å². The summed E-state index contributed by atoms with van der Waals surface area (Å²) in [5.41, 5.74) is 1.58. The molecule has 0 radical (unpaired) electrons. The van der Waals surface area contributed by atoms with Crippen LogP contribution in [0.3, 0.4) is 0 Å². The maximum atomic E-state index is 14.4. The second-order valence-electron chi connectivity index (χ2n) is 7.05. The van der Waals surface area contributed by atoms with Crippen LogP contribution in [0.4, 0.5) is 14.5 Å². The maximum Gasteiger partial charge on any atom is 0.241 e. The molecule has 7 nitrogen and oxygen atoms in total. The number of halogens is 2. The average molecular weight is 414 g/mol. The van der Waals surface area contributed by atoms with E-state index in [-0.39, 0.29) is 17.9 Å². The number of amides is 1. The molecule has 0 saturated carbocycles. The molecule has 1 saturated heterocycles. The Balaban J connectivity index is 1.58. The minimum absolute atomic E-state index is 0.0160. The number of aromatic nitrogens is 2. The van der Waals surface area contributed by atoms with Crippen LogP contribution in [-0.4, -0.2) is 47.0 Å². The Labute approximate surface area is 170 Å². The summed E-state index contributed by atoms with van der Waals surface area (Å²) in [5.74, 6) is -1.35.